The smallest absolute Gasteiger partial charge is 0.0378 e. The second-order valence-corrected chi connectivity index (χ2v) is 8.09. The van der Waals surface area contributed by atoms with Gasteiger partial charge >= 0.3 is 0 Å². The van der Waals surface area contributed by atoms with E-state index in [-0.39, 0.29) is 5.54 Å². The first-order chi connectivity index (χ1) is 9.76. The van der Waals surface area contributed by atoms with Gasteiger partial charge in [-0.2, -0.15) is 0 Å². The molecular weight excluding hydrogens is 326 g/mol. The maximum absolute atomic E-state index is 3.73. The molecule has 0 aliphatic carbocycles. The van der Waals surface area contributed by atoms with Gasteiger partial charge in [-0.25, -0.2) is 0 Å². The van der Waals surface area contributed by atoms with Crippen LogP contribution in [0.15, 0.2) is 22.7 Å². The number of likely N-dealkylation sites (N-methyl/N-ethyl adjacent to an activating group) is 1. The molecule has 1 N–H and O–H groups in total. The third-order valence-corrected chi connectivity index (χ3v) is 4.84. The summed E-state index contributed by atoms with van der Waals surface area (Å²) in [6.07, 6.45) is 1.25. The molecule has 1 fully saturated rings. The number of hydrogen-bond acceptors (Lipinski definition) is 3. The van der Waals surface area contributed by atoms with E-state index in [9.17, 15) is 0 Å². The first-order valence-electron chi connectivity index (χ1n) is 7.71. The lowest BCUT2D eigenvalue weighted by molar-refractivity contribution is 0.315. The number of benzene rings is 1. The summed E-state index contributed by atoms with van der Waals surface area (Å²) in [7, 11) is 4.34. The minimum absolute atomic E-state index is 0.145. The van der Waals surface area contributed by atoms with Crippen molar-refractivity contribution in [2.24, 2.45) is 0 Å². The first-order valence-corrected chi connectivity index (χ1v) is 8.50. The van der Waals surface area contributed by atoms with Crippen LogP contribution in [-0.4, -0.2) is 43.7 Å². The highest BCUT2D eigenvalue weighted by Gasteiger charge is 2.24. The van der Waals surface area contributed by atoms with Crippen LogP contribution >= 0.6 is 15.9 Å². The summed E-state index contributed by atoms with van der Waals surface area (Å²) in [5, 5.41) is 3.54. The van der Waals surface area contributed by atoms with Crippen LogP contribution < -0.4 is 10.2 Å². The molecule has 1 saturated heterocycles. The van der Waals surface area contributed by atoms with Crippen molar-refractivity contribution in [3.63, 3.8) is 0 Å². The van der Waals surface area contributed by atoms with Crippen molar-refractivity contribution in [1.29, 1.82) is 0 Å². The zero-order valence-electron chi connectivity index (χ0n) is 13.9. The van der Waals surface area contributed by atoms with Crippen molar-refractivity contribution in [2.75, 3.05) is 32.1 Å². The van der Waals surface area contributed by atoms with Crippen LogP contribution in [0, 0.1) is 0 Å². The number of nitrogens with one attached hydrogen (secondary N) is 1. The van der Waals surface area contributed by atoms with E-state index in [0.717, 1.165) is 19.6 Å². The predicted octanol–water partition coefficient (Wildman–Crippen LogP) is 3.48. The largest absolute Gasteiger partial charge is 0.370 e. The van der Waals surface area contributed by atoms with Gasteiger partial charge in [0.1, 0.15) is 0 Å². The molecule has 4 heteroatoms. The summed E-state index contributed by atoms with van der Waals surface area (Å²) in [6, 6.07) is 7.42. The Hall–Kier alpha value is -0.580. The second-order valence-electron chi connectivity index (χ2n) is 7.23. The van der Waals surface area contributed by atoms with Crippen LogP contribution in [-0.2, 0) is 6.54 Å². The lowest BCUT2D eigenvalue weighted by Gasteiger charge is -2.23. The van der Waals surface area contributed by atoms with Crippen LogP contribution in [0.5, 0.6) is 0 Å². The lowest BCUT2D eigenvalue weighted by atomic mass is 10.1. The van der Waals surface area contributed by atoms with E-state index in [1.54, 1.807) is 0 Å². The van der Waals surface area contributed by atoms with Gasteiger partial charge in [-0.1, -0.05) is 22.0 Å². The third-order valence-electron chi connectivity index (χ3n) is 4.10. The number of nitrogens with zero attached hydrogens (tertiary/aromatic N) is 2. The Balaban J connectivity index is 2.02. The van der Waals surface area contributed by atoms with Gasteiger partial charge in [-0.05, 0) is 59.0 Å². The fourth-order valence-electron chi connectivity index (χ4n) is 2.63. The van der Waals surface area contributed by atoms with E-state index in [1.807, 2.05) is 0 Å². The number of halogens is 1. The maximum Gasteiger partial charge on any atom is 0.0378 e. The molecule has 0 spiro atoms. The Kier molecular flexibility index (Phi) is 5.33. The van der Waals surface area contributed by atoms with Crippen molar-refractivity contribution in [1.82, 2.24) is 10.2 Å². The number of anilines is 1. The van der Waals surface area contributed by atoms with Gasteiger partial charge in [0.05, 0.1) is 0 Å². The highest BCUT2D eigenvalue weighted by molar-refractivity contribution is 9.10. The van der Waals surface area contributed by atoms with E-state index in [2.05, 4.69) is 84.1 Å². The van der Waals surface area contributed by atoms with E-state index in [1.165, 1.54) is 22.1 Å². The summed E-state index contributed by atoms with van der Waals surface area (Å²) < 4.78 is 1.20. The molecule has 2 rings (SSSR count). The van der Waals surface area contributed by atoms with Gasteiger partial charge in [0.15, 0.2) is 0 Å². The third kappa shape index (κ3) is 4.70. The van der Waals surface area contributed by atoms with E-state index < -0.39 is 0 Å². The Morgan fingerprint density at radius 2 is 2.05 bits per heavy atom. The molecule has 0 saturated carbocycles. The summed E-state index contributed by atoms with van der Waals surface area (Å²) in [5.74, 6) is 0. The minimum atomic E-state index is 0.145. The van der Waals surface area contributed by atoms with E-state index >= 15 is 0 Å². The molecule has 0 radical (unpaired) electrons. The van der Waals surface area contributed by atoms with E-state index in [4.69, 9.17) is 0 Å². The molecule has 1 unspecified atom stereocenters. The SMILES string of the molecule is CN(C)C1CCN(c2ccc(CNC(C)(C)C)c(Br)c2)C1. The fourth-order valence-corrected chi connectivity index (χ4v) is 3.14. The van der Waals surface area contributed by atoms with Gasteiger partial charge < -0.3 is 15.1 Å². The molecule has 1 heterocycles. The van der Waals surface area contributed by atoms with Gasteiger partial charge in [-0.15, -0.1) is 0 Å². The summed E-state index contributed by atoms with van der Waals surface area (Å²) in [4.78, 5) is 4.81. The highest BCUT2D eigenvalue weighted by Crippen LogP contribution is 2.27. The van der Waals surface area contributed by atoms with Crippen molar-refractivity contribution in [3.05, 3.63) is 28.2 Å². The molecule has 3 nitrogen and oxygen atoms in total. The highest BCUT2D eigenvalue weighted by atomic mass is 79.9. The number of rotatable bonds is 4. The van der Waals surface area contributed by atoms with Gasteiger partial charge in [-0.3, -0.25) is 0 Å². The molecule has 0 aromatic heterocycles. The van der Waals surface area contributed by atoms with Gasteiger partial charge in [0.2, 0.25) is 0 Å². The maximum atomic E-state index is 3.73. The van der Waals surface area contributed by atoms with E-state index in [0.29, 0.717) is 6.04 Å². The Labute approximate surface area is 137 Å². The standard InChI is InChI=1S/C17H28BrN3/c1-17(2,3)19-11-13-6-7-14(10-16(13)18)21-9-8-15(12-21)20(4)5/h6-7,10,15,19H,8-9,11-12H2,1-5H3. The topological polar surface area (TPSA) is 18.5 Å². The molecule has 1 aromatic carbocycles. The molecule has 0 amide bonds. The fraction of sp³-hybridized carbons (Fsp3) is 0.647. The molecule has 21 heavy (non-hydrogen) atoms. The summed E-state index contributed by atoms with van der Waals surface area (Å²) in [5.41, 5.74) is 2.79. The first kappa shape index (κ1) is 16.8. The molecular formula is C17H28BrN3. The van der Waals surface area contributed by atoms with Crippen molar-refractivity contribution >= 4 is 21.6 Å². The zero-order valence-corrected chi connectivity index (χ0v) is 15.5. The van der Waals surface area contributed by atoms with Crippen LogP contribution in [0.1, 0.15) is 32.8 Å². The van der Waals surface area contributed by atoms with Crippen molar-refractivity contribution in [3.8, 4) is 0 Å². The molecule has 0 bridgehead atoms. The molecule has 118 valence electrons. The summed E-state index contributed by atoms with van der Waals surface area (Å²) in [6.45, 7) is 9.75. The average Bonchev–Trinajstić information content (AvgIpc) is 2.85. The zero-order chi connectivity index (χ0) is 15.6. The van der Waals surface area contributed by atoms with Crippen LogP contribution in [0.2, 0.25) is 0 Å². The van der Waals surface area contributed by atoms with Gasteiger partial charge in [0, 0.05) is 41.4 Å². The second kappa shape index (κ2) is 6.67. The predicted molar refractivity (Wildman–Crippen MR) is 95.0 cm³/mol. The molecule has 1 aliphatic heterocycles. The van der Waals surface area contributed by atoms with Crippen molar-refractivity contribution in [2.45, 2.75) is 45.3 Å². The van der Waals surface area contributed by atoms with Crippen molar-refractivity contribution < 1.29 is 0 Å². The monoisotopic (exact) mass is 353 g/mol. The Morgan fingerprint density at radius 3 is 2.57 bits per heavy atom. The normalized spacial score (nSPS) is 19.6. The lowest BCUT2D eigenvalue weighted by Crippen LogP contribution is -2.35. The van der Waals surface area contributed by atoms with Crippen LogP contribution in [0.4, 0.5) is 5.69 Å². The minimum Gasteiger partial charge on any atom is -0.370 e. The molecule has 1 aromatic rings. The quantitative estimate of drug-likeness (QED) is 0.893. The molecule has 1 atom stereocenters. The van der Waals surface area contributed by atoms with Crippen LogP contribution in [0.3, 0.4) is 0 Å². The average molecular weight is 354 g/mol. The van der Waals surface area contributed by atoms with Crippen LogP contribution in [0.25, 0.3) is 0 Å². The molecule has 1 aliphatic rings. The number of hydrogen-bond donors (Lipinski definition) is 1. The van der Waals surface area contributed by atoms with Gasteiger partial charge in [0.25, 0.3) is 0 Å². The Bertz CT molecular complexity index is 479. The summed E-state index contributed by atoms with van der Waals surface area (Å²) >= 11 is 3.73. The Morgan fingerprint density at radius 1 is 1.33 bits per heavy atom.